The van der Waals surface area contributed by atoms with E-state index in [2.05, 4.69) is 20.3 Å². The Morgan fingerprint density at radius 1 is 1.00 bits per heavy atom. The van der Waals surface area contributed by atoms with E-state index in [1.165, 1.54) is 7.11 Å². The number of esters is 1. The minimum atomic E-state index is -0.410. The van der Waals surface area contributed by atoms with Crippen LogP contribution < -0.4 is 10.6 Å². The summed E-state index contributed by atoms with van der Waals surface area (Å²) in [4.78, 5) is 38.6. The molecule has 1 saturated heterocycles. The number of aryl methyl sites for hydroxylation is 2. The molecule has 7 heteroatoms. The third-order valence-corrected chi connectivity index (χ3v) is 5.56. The minimum absolute atomic E-state index is 0.0369. The van der Waals surface area contributed by atoms with Crippen molar-refractivity contribution in [2.45, 2.75) is 26.7 Å². The summed E-state index contributed by atoms with van der Waals surface area (Å²) < 4.78 is 4.67. The SMILES string of the molecule is COC(=O)c1ccc(NC(=O)C2CCN(CC(=O)Nc3ccc(C)cc3C)CC2)cc1. The van der Waals surface area contributed by atoms with Gasteiger partial charge in [-0.2, -0.15) is 0 Å². The lowest BCUT2D eigenvalue weighted by molar-refractivity contribution is -0.121. The lowest BCUT2D eigenvalue weighted by atomic mass is 9.95. The van der Waals surface area contributed by atoms with Gasteiger partial charge in [-0.1, -0.05) is 17.7 Å². The van der Waals surface area contributed by atoms with Crippen LogP contribution in [0.3, 0.4) is 0 Å². The zero-order valence-corrected chi connectivity index (χ0v) is 18.2. The Morgan fingerprint density at radius 2 is 1.68 bits per heavy atom. The fourth-order valence-corrected chi connectivity index (χ4v) is 3.75. The number of piperidine rings is 1. The van der Waals surface area contributed by atoms with E-state index in [-0.39, 0.29) is 17.7 Å². The molecule has 2 aromatic carbocycles. The molecule has 164 valence electrons. The fourth-order valence-electron chi connectivity index (χ4n) is 3.75. The predicted molar refractivity (Wildman–Crippen MR) is 120 cm³/mol. The lowest BCUT2D eigenvalue weighted by Crippen LogP contribution is -2.41. The van der Waals surface area contributed by atoms with E-state index in [1.54, 1.807) is 24.3 Å². The zero-order chi connectivity index (χ0) is 22.4. The second kappa shape index (κ2) is 10.2. The van der Waals surface area contributed by atoms with Crippen molar-refractivity contribution >= 4 is 29.2 Å². The van der Waals surface area contributed by atoms with E-state index in [9.17, 15) is 14.4 Å². The number of amides is 2. The van der Waals surface area contributed by atoms with E-state index in [1.807, 2.05) is 32.0 Å². The highest BCUT2D eigenvalue weighted by molar-refractivity contribution is 5.94. The third-order valence-electron chi connectivity index (χ3n) is 5.56. The molecule has 1 aliphatic heterocycles. The molecule has 0 radical (unpaired) electrons. The molecule has 0 atom stereocenters. The normalized spacial score (nSPS) is 14.7. The van der Waals surface area contributed by atoms with Crippen molar-refractivity contribution in [2.24, 2.45) is 5.92 Å². The smallest absolute Gasteiger partial charge is 0.337 e. The number of carbonyl (C=O) groups excluding carboxylic acids is 3. The van der Waals surface area contributed by atoms with Crippen molar-refractivity contribution in [3.05, 3.63) is 59.2 Å². The molecule has 0 aliphatic carbocycles. The number of hydrogen-bond acceptors (Lipinski definition) is 5. The van der Waals surface area contributed by atoms with Gasteiger partial charge in [0.2, 0.25) is 11.8 Å². The molecule has 31 heavy (non-hydrogen) atoms. The number of carbonyl (C=O) groups is 3. The number of hydrogen-bond donors (Lipinski definition) is 2. The molecule has 2 amide bonds. The summed E-state index contributed by atoms with van der Waals surface area (Å²) >= 11 is 0. The number of likely N-dealkylation sites (tertiary alicyclic amines) is 1. The maximum atomic E-state index is 12.6. The largest absolute Gasteiger partial charge is 0.465 e. The standard InChI is InChI=1S/C24H29N3O4/c1-16-4-9-21(17(2)14-16)26-22(28)15-27-12-10-18(11-13-27)23(29)25-20-7-5-19(6-8-20)24(30)31-3/h4-9,14,18H,10-13,15H2,1-3H3,(H,25,29)(H,26,28). The fraction of sp³-hybridized carbons (Fsp3) is 0.375. The van der Waals surface area contributed by atoms with Crippen molar-refractivity contribution in [1.82, 2.24) is 4.90 Å². The van der Waals surface area contributed by atoms with Crippen LogP contribution in [-0.2, 0) is 14.3 Å². The van der Waals surface area contributed by atoms with Crippen molar-refractivity contribution in [2.75, 3.05) is 37.4 Å². The van der Waals surface area contributed by atoms with E-state index in [4.69, 9.17) is 0 Å². The van der Waals surface area contributed by atoms with Crippen molar-refractivity contribution in [1.29, 1.82) is 0 Å². The molecule has 3 rings (SSSR count). The van der Waals surface area contributed by atoms with Gasteiger partial charge in [0.15, 0.2) is 0 Å². The molecule has 7 nitrogen and oxygen atoms in total. The van der Waals surface area contributed by atoms with E-state index in [0.717, 1.165) is 16.8 Å². The van der Waals surface area contributed by atoms with Crippen molar-refractivity contribution < 1.29 is 19.1 Å². The van der Waals surface area contributed by atoms with Crippen LogP contribution in [0.4, 0.5) is 11.4 Å². The van der Waals surface area contributed by atoms with Gasteiger partial charge in [0.05, 0.1) is 19.2 Å². The molecule has 0 unspecified atom stereocenters. The number of ether oxygens (including phenoxy) is 1. The van der Waals surface area contributed by atoms with Gasteiger partial charge in [-0.15, -0.1) is 0 Å². The maximum absolute atomic E-state index is 12.6. The molecule has 1 fully saturated rings. The third kappa shape index (κ3) is 6.15. The number of methoxy groups -OCH3 is 1. The Hall–Kier alpha value is -3.19. The van der Waals surface area contributed by atoms with Crippen LogP contribution in [0.5, 0.6) is 0 Å². The van der Waals surface area contributed by atoms with E-state index < -0.39 is 5.97 Å². The van der Waals surface area contributed by atoms with Crippen LogP contribution in [-0.4, -0.2) is 49.4 Å². The van der Waals surface area contributed by atoms with E-state index >= 15 is 0 Å². The molecule has 0 spiro atoms. The highest BCUT2D eigenvalue weighted by Crippen LogP contribution is 2.21. The first-order valence-electron chi connectivity index (χ1n) is 10.4. The molecule has 0 aromatic heterocycles. The summed E-state index contributed by atoms with van der Waals surface area (Å²) in [7, 11) is 1.33. The molecule has 2 N–H and O–H groups in total. The van der Waals surface area contributed by atoms with Gasteiger partial charge in [0.25, 0.3) is 0 Å². The summed E-state index contributed by atoms with van der Waals surface area (Å²) in [5, 5.41) is 5.88. The maximum Gasteiger partial charge on any atom is 0.337 e. The van der Waals surface area contributed by atoms with Crippen molar-refractivity contribution in [3.63, 3.8) is 0 Å². The first-order valence-corrected chi connectivity index (χ1v) is 10.4. The van der Waals surface area contributed by atoms with Gasteiger partial charge in [-0.25, -0.2) is 4.79 Å². The summed E-state index contributed by atoms with van der Waals surface area (Å²) in [5.41, 5.74) is 4.13. The Bertz CT molecular complexity index is 948. The average molecular weight is 424 g/mol. The average Bonchev–Trinajstić information content (AvgIpc) is 2.76. The number of rotatable bonds is 6. The monoisotopic (exact) mass is 423 g/mol. The van der Waals surface area contributed by atoms with Crippen LogP contribution in [0.2, 0.25) is 0 Å². The number of anilines is 2. The molecule has 1 heterocycles. The Labute approximate surface area is 182 Å². The Balaban J connectivity index is 1.45. The first-order chi connectivity index (χ1) is 14.9. The summed E-state index contributed by atoms with van der Waals surface area (Å²) in [6.07, 6.45) is 1.39. The van der Waals surface area contributed by atoms with Gasteiger partial charge >= 0.3 is 5.97 Å². The first kappa shape index (κ1) is 22.5. The highest BCUT2D eigenvalue weighted by atomic mass is 16.5. The van der Waals surface area contributed by atoms with Gasteiger partial charge in [0.1, 0.15) is 0 Å². The summed E-state index contributed by atoms with van der Waals surface area (Å²) in [6.45, 7) is 5.71. The van der Waals surface area contributed by atoms with Crippen LogP contribution in [0, 0.1) is 19.8 Å². The number of nitrogens with one attached hydrogen (secondary N) is 2. The number of benzene rings is 2. The lowest BCUT2D eigenvalue weighted by Gasteiger charge is -2.30. The second-order valence-electron chi connectivity index (χ2n) is 7.98. The Kier molecular flexibility index (Phi) is 7.41. The molecule has 2 aromatic rings. The number of nitrogens with zero attached hydrogens (tertiary/aromatic N) is 1. The van der Waals surface area contributed by atoms with E-state index in [0.29, 0.717) is 43.7 Å². The minimum Gasteiger partial charge on any atom is -0.465 e. The second-order valence-corrected chi connectivity index (χ2v) is 7.98. The van der Waals surface area contributed by atoms with Crippen LogP contribution in [0.1, 0.15) is 34.3 Å². The quantitative estimate of drug-likeness (QED) is 0.696. The molecule has 0 saturated carbocycles. The van der Waals surface area contributed by atoms with Gasteiger partial charge < -0.3 is 15.4 Å². The Morgan fingerprint density at radius 3 is 2.29 bits per heavy atom. The van der Waals surface area contributed by atoms with Gasteiger partial charge in [-0.05, 0) is 75.7 Å². The van der Waals surface area contributed by atoms with Crippen LogP contribution in [0.15, 0.2) is 42.5 Å². The van der Waals surface area contributed by atoms with Crippen molar-refractivity contribution in [3.8, 4) is 0 Å². The molecule has 1 aliphatic rings. The molecular formula is C24H29N3O4. The topological polar surface area (TPSA) is 87.7 Å². The predicted octanol–water partition coefficient (Wildman–Crippen LogP) is 3.38. The van der Waals surface area contributed by atoms with Gasteiger partial charge in [-0.3, -0.25) is 14.5 Å². The molecule has 0 bridgehead atoms. The molecular weight excluding hydrogens is 394 g/mol. The highest BCUT2D eigenvalue weighted by Gasteiger charge is 2.26. The van der Waals surface area contributed by atoms with Crippen LogP contribution >= 0.6 is 0 Å². The van der Waals surface area contributed by atoms with Gasteiger partial charge in [0, 0.05) is 17.3 Å². The summed E-state index contributed by atoms with van der Waals surface area (Å²) in [5.74, 6) is -0.587. The zero-order valence-electron chi connectivity index (χ0n) is 18.2. The summed E-state index contributed by atoms with van der Waals surface area (Å²) in [6, 6.07) is 12.6. The van der Waals surface area contributed by atoms with Crippen LogP contribution in [0.25, 0.3) is 0 Å².